The second kappa shape index (κ2) is 8.72. The molecule has 8 heteroatoms. The van der Waals surface area contributed by atoms with Gasteiger partial charge in [-0.2, -0.15) is 0 Å². The van der Waals surface area contributed by atoms with E-state index in [0.29, 0.717) is 15.6 Å². The molecule has 0 radical (unpaired) electrons. The molecule has 0 saturated carbocycles. The van der Waals surface area contributed by atoms with E-state index in [1.165, 1.54) is 13.8 Å². The monoisotopic (exact) mass is 401 g/mol. The minimum absolute atomic E-state index is 0.0990. The molecule has 0 aliphatic rings. The summed E-state index contributed by atoms with van der Waals surface area (Å²) in [6.45, 7) is 1.53. The fraction of sp³-hybridized carbons (Fsp3) is 0.235. The maximum absolute atomic E-state index is 12.7. The van der Waals surface area contributed by atoms with E-state index >= 15 is 0 Å². The Bertz CT molecular complexity index is 785. The van der Waals surface area contributed by atoms with Crippen molar-refractivity contribution < 1.29 is 18.6 Å². The van der Waals surface area contributed by atoms with Gasteiger partial charge in [0.25, 0.3) is 0 Å². The minimum atomic E-state index is -3.20. The van der Waals surface area contributed by atoms with Crippen molar-refractivity contribution in [1.29, 1.82) is 0 Å². The van der Waals surface area contributed by atoms with E-state index in [2.05, 4.69) is 5.32 Å². The molecule has 0 fully saturated rings. The highest BCUT2D eigenvalue weighted by Gasteiger charge is 2.32. The first-order valence-electron chi connectivity index (χ1n) is 7.38. The minimum Gasteiger partial charge on any atom is -0.445 e. The van der Waals surface area contributed by atoms with Crippen molar-refractivity contribution in [3.63, 3.8) is 0 Å². The zero-order valence-electron chi connectivity index (χ0n) is 13.7. The Kier molecular flexibility index (Phi) is 6.91. The summed E-state index contributed by atoms with van der Waals surface area (Å²) in [7, 11) is -1.88. The third kappa shape index (κ3) is 5.48. The van der Waals surface area contributed by atoms with Crippen LogP contribution in [0.5, 0.6) is 0 Å². The highest BCUT2D eigenvalue weighted by molar-refractivity contribution is 7.58. The van der Waals surface area contributed by atoms with Gasteiger partial charge in [-0.3, -0.25) is 4.57 Å². The number of hydrogen-bond acceptors (Lipinski definition) is 4. The molecule has 0 aromatic heterocycles. The summed E-state index contributed by atoms with van der Waals surface area (Å²) in [4.78, 5) is 12.1. The molecule has 0 spiro atoms. The summed E-state index contributed by atoms with van der Waals surface area (Å²) >= 11 is 11.9. The molecule has 1 amide bonds. The third-order valence-electron chi connectivity index (χ3n) is 3.56. The van der Waals surface area contributed by atoms with E-state index < -0.39 is 19.2 Å². The molecule has 25 heavy (non-hydrogen) atoms. The molecule has 134 valence electrons. The Labute approximate surface area is 156 Å². The molecule has 2 rings (SSSR count). The number of halogens is 2. The summed E-state index contributed by atoms with van der Waals surface area (Å²) in [6.07, 6.45) is -0.709. The molecule has 2 aromatic carbocycles. The highest BCUT2D eigenvalue weighted by atomic mass is 35.5. The van der Waals surface area contributed by atoms with Crippen molar-refractivity contribution in [2.45, 2.75) is 12.4 Å². The fourth-order valence-corrected chi connectivity index (χ4v) is 3.70. The van der Waals surface area contributed by atoms with Crippen LogP contribution in [-0.2, 0) is 20.4 Å². The van der Waals surface area contributed by atoms with E-state index in [0.717, 1.165) is 5.56 Å². The summed E-state index contributed by atoms with van der Waals surface area (Å²) in [5.41, 5.74) is 1.36. The van der Waals surface area contributed by atoms with Crippen LogP contribution in [0, 0.1) is 0 Å². The molecule has 0 aliphatic heterocycles. The van der Waals surface area contributed by atoms with Crippen LogP contribution < -0.4 is 5.32 Å². The molecule has 0 bridgehead atoms. The summed E-state index contributed by atoms with van der Waals surface area (Å²) in [5, 5.41) is 3.24. The fourth-order valence-electron chi connectivity index (χ4n) is 2.14. The molecule has 1 N–H and O–H groups in total. The molecular formula is C17H18Cl2NO4P. The number of hydrogen-bond donors (Lipinski definition) is 1. The standard InChI is InChI=1S/C17H18Cl2NO4P/c1-23-25(2,22)16(13-8-9-14(18)15(19)10-13)20-17(21)24-11-12-6-4-3-5-7-12/h3-10,16H,11H2,1-2H3,(H,20,21). The normalized spacial score (nSPS) is 14.4. The molecule has 2 atom stereocenters. The summed E-state index contributed by atoms with van der Waals surface area (Å²) in [6, 6.07) is 14.0. The average Bonchev–Trinajstić information content (AvgIpc) is 2.61. The van der Waals surface area contributed by atoms with Crippen LogP contribution in [-0.4, -0.2) is 19.9 Å². The third-order valence-corrected chi connectivity index (χ3v) is 6.39. The molecule has 2 aromatic rings. The van der Waals surface area contributed by atoms with Gasteiger partial charge >= 0.3 is 6.09 Å². The van der Waals surface area contributed by atoms with Crippen molar-refractivity contribution in [2.75, 3.05) is 13.8 Å². The van der Waals surface area contributed by atoms with Crippen LogP contribution >= 0.6 is 30.6 Å². The number of rotatable bonds is 6. The van der Waals surface area contributed by atoms with Gasteiger partial charge in [0.1, 0.15) is 12.4 Å². The number of nitrogens with one attached hydrogen (secondary N) is 1. The van der Waals surface area contributed by atoms with Crippen LogP contribution in [0.25, 0.3) is 0 Å². The quantitative estimate of drug-likeness (QED) is 0.651. The van der Waals surface area contributed by atoms with Crippen LogP contribution in [0.4, 0.5) is 4.79 Å². The van der Waals surface area contributed by atoms with E-state index in [1.54, 1.807) is 18.2 Å². The maximum Gasteiger partial charge on any atom is 0.408 e. The lowest BCUT2D eigenvalue weighted by molar-refractivity contribution is 0.137. The number of carbonyl (C=O) groups is 1. The SMILES string of the molecule is COP(C)(=O)C(NC(=O)OCc1ccccc1)c1ccc(Cl)c(Cl)c1. The van der Waals surface area contributed by atoms with E-state index in [-0.39, 0.29) is 6.61 Å². The van der Waals surface area contributed by atoms with Gasteiger partial charge in [-0.05, 0) is 23.3 Å². The van der Waals surface area contributed by atoms with Gasteiger partial charge in [-0.1, -0.05) is 59.6 Å². The van der Waals surface area contributed by atoms with Gasteiger partial charge in [0.15, 0.2) is 0 Å². The Morgan fingerprint density at radius 3 is 2.44 bits per heavy atom. The van der Waals surface area contributed by atoms with Crippen LogP contribution in [0.15, 0.2) is 48.5 Å². The van der Waals surface area contributed by atoms with Gasteiger partial charge in [-0.15, -0.1) is 0 Å². The Hall–Kier alpha value is -1.52. The van der Waals surface area contributed by atoms with Crippen molar-refractivity contribution >= 4 is 36.7 Å². The smallest absolute Gasteiger partial charge is 0.408 e. The van der Waals surface area contributed by atoms with Crippen molar-refractivity contribution in [1.82, 2.24) is 5.32 Å². The van der Waals surface area contributed by atoms with E-state index in [4.69, 9.17) is 32.5 Å². The maximum atomic E-state index is 12.7. The first-order valence-corrected chi connectivity index (χ1v) is 10.3. The second-order valence-electron chi connectivity index (χ2n) is 5.37. The number of ether oxygens (including phenoxy) is 1. The lowest BCUT2D eigenvalue weighted by Gasteiger charge is -2.24. The molecular weight excluding hydrogens is 384 g/mol. The zero-order valence-corrected chi connectivity index (χ0v) is 16.1. The van der Waals surface area contributed by atoms with Crippen molar-refractivity contribution in [3.05, 3.63) is 69.7 Å². The Morgan fingerprint density at radius 1 is 1.16 bits per heavy atom. The van der Waals surface area contributed by atoms with Gasteiger partial charge < -0.3 is 14.6 Å². The largest absolute Gasteiger partial charge is 0.445 e. The lowest BCUT2D eigenvalue weighted by Crippen LogP contribution is -2.29. The molecule has 0 saturated heterocycles. The zero-order chi connectivity index (χ0) is 18.4. The lowest BCUT2D eigenvalue weighted by atomic mass is 10.2. The van der Waals surface area contributed by atoms with Gasteiger partial charge in [0, 0.05) is 13.8 Å². The van der Waals surface area contributed by atoms with Gasteiger partial charge in [-0.25, -0.2) is 4.79 Å². The summed E-state index contributed by atoms with van der Waals surface area (Å²) in [5.74, 6) is -0.907. The predicted octanol–water partition coefficient (Wildman–Crippen LogP) is 5.47. The van der Waals surface area contributed by atoms with Gasteiger partial charge in [0.05, 0.1) is 10.0 Å². The molecule has 0 aliphatic carbocycles. The van der Waals surface area contributed by atoms with E-state index in [1.807, 2.05) is 30.3 Å². The molecule has 5 nitrogen and oxygen atoms in total. The Balaban J connectivity index is 2.14. The van der Waals surface area contributed by atoms with Crippen LogP contribution in [0.1, 0.15) is 16.9 Å². The van der Waals surface area contributed by atoms with Crippen molar-refractivity contribution in [2.24, 2.45) is 0 Å². The number of carbonyl (C=O) groups excluding carboxylic acids is 1. The summed E-state index contributed by atoms with van der Waals surface area (Å²) < 4.78 is 23.0. The number of benzene rings is 2. The first-order chi connectivity index (χ1) is 11.8. The number of alkyl carbamates (subject to hydrolysis) is 1. The van der Waals surface area contributed by atoms with Crippen LogP contribution in [0.2, 0.25) is 10.0 Å². The number of amides is 1. The van der Waals surface area contributed by atoms with Crippen LogP contribution in [0.3, 0.4) is 0 Å². The molecule has 2 unspecified atom stereocenters. The predicted molar refractivity (Wildman–Crippen MR) is 99.5 cm³/mol. The van der Waals surface area contributed by atoms with E-state index in [9.17, 15) is 9.36 Å². The Morgan fingerprint density at radius 2 is 1.84 bits per heavy atom. The highest BCUT2D eigenvalue weighted by Crippen LogP contribution is 2.55. The second-order valence-corrected chi connectivity index (χ2v) is 8.89. The van der Waals surface area contributed by atoms with Crippen molar-refractivity contribution in [3.8, 4) is 0 Å². The first kappa shape index (κ1) is 19.8. The topological polar surface area (TPSA) is 64.6 Å². The molecule has 0 heterocycles. The van der Waals surface area contributed by atoms with Gasteiger partial charge in [0.2, 0.25) is 7.37 Å². The average molecular weight is 402 g/mol.